The van der Waals surface area contributed by atoms with Crippen LogP contribution in [-0.4, -0.2) is 50.1 Å². The van der Waals surface area contributed by atoms with E-state index in [1.165, 1.54) is 12.4 Å². The number of hydrogen-bond donors (Lipinski definition) is 3. The summed E-state index contributed by atoms with van der Waals surface area (Å²) in [6, 6.07) is 1.55. The predicted molar refractivity (Wildman–Crippen MR) is 95.3 cm³/mol. The SMILES string of the molecule is O=C1OC(CNS(=O)(=O)c2c[nH]c3ncc(Cl)cc23)CC12CCNCC2. The maximum atomic E-state index is 12.7. The molecule has 2 aliphatic heterocycles. The number of sulfonamides is 1. The Bertz CT molecular complexity index is 952. The molecule has 10 heteroatoms. The average Bonchev–Trinajstić information content (AvgIpc) is 3.16. The molecule has 2 aliphatic rings. The van der Waals surface area contributed by atoms with Crippen molar-refractivity contribution in [2.45, 2.75) is 30.3 Å². The summed E-state index contributed by atoms with van der Waals surface area (Å²) >= 11 is 5.92. The maximum absolute atomic E-state index is 12.7. The van der Waals surface area contributed by atoms with Crippen molar-refractivity contribution in [3.63, 3.8) is 0 Å². The molecule has 1 unspecified atom stereocenters. The molecular formula is C16H19ClN4O4S. The Kier molecular flexibility index (Phi) is 4.42. The maximum Gasteiger partial charge on any atom is 0.312 e. The van der Waals surface area contributed by atoms with Crippen LogP contribution in [0.4, 0.5) is 0 Å². The van der Waals surface area contributed by atoms with E-state index in [1.807, 2.05) is 0 Å². The van der Waals surface area contributed by atoms with E-state index in [9.17, 15) is 13.2 Å². The number of pyridine rings is 1. The van der Waals surface area contributed by atoms with Gasteiger partial charge in [-0.25, -0.2) is 18.1 Å². The van der Waals surface area contributed by atoms with Gasteiger partial charge in [-0.2, -0.15) is 0 Å². The third kappa shape index (κ3) is 3.09. The lowest BCUT2D eigenvalue weighted by Crippen LogP contribution is -2.39. The largest absolute Gasteiger partial charge is 0.461 e. The van der Waals surface area contributed by atoms with Crippen LogP contribution in [-0.2, 0) is 19.6 Å². The van der Waals surface area contributed by atoms with Gasteiger partial charge in [0.2, 0.25) is 10.0 Å². The Hall–Kier alpha value is -1.68. The summed E-state index contributed by atoms with van der Waals surface area (Å²) in [5.74, 6) is -0.216. The van der Waals surface area contributed by atoms with Gasteiger partial charge in [-0.05, 0) is 32.0 Å². The first-order valence-electron chi connectivity index (χ1n) is 8.44. The number of carbonyl (C=O) groups is 1. The normalized spacial score (nSPS) is 22.8. The topological polar surface area (TPSA) is 113 Å². The number of ether oxygens (including phenoxy) is 1. The van der Waals surface area contributed by atoms with Crippen LogP contribution in [0, 0.1) is 5.41 Å². The zero-order chi connectivity index (χ0) is 18.4. The molecule has 0 radical (unpaired) electrons. The highest BCUT2D eigenvalue weighted by molar-refractivity contribution is 7.89. The standard InChI is InChI=1S/C16H19ClN4O4S/c17-10-5-12-13(9-20-14(12)19-7-10)26(23,24)21-8-11-6-16(15(22)25-11)1-3-18-4-2-16/h5,7,9,11,18,21H,1-4,6,8H2,(H,19,20). The van der Waals surface area contributed by atoms with Crippen LogP contribution in [0.15, 0.2) is 23.4 Å². The second-order valence-corrected chi connectivity index (χ2v) is 8.99. The van der Waals surface area contributed by atoms with Crippen molar-refractivity contribution in [1.29, 1.82) is 0 Å². The summed E-state index contributed by atoms with van der Waals surface area (Å²) in [7, 11) is -3.79. The minimum Gasteiger partial charge on any atom is -0.461 e. The molecule has 2 saturated heterocycles. The summed E-state index contributed by atoms with van der Waals surface area (Å²) < 4.78 is 33.3. The number of carbonyl (C=O) groups excluding carboxylic acids is 1. The Morgan fingerprint density at radius 3 is 2.92 bits per heavy atom. The van der Waals surface area contributed by atoms with E-state index in [1.54, 1.807) is 6.07 Å². The Balaban J connectivity index is 1.48. The summed E-state index contributed by atoms with van der Waals surface area (Å²) in [6.45, 7) is 1.59. The van der Waals surface area contributed by atoms with Crippen LogP contribution in [0.5, 0.6) is 0 Å². The van der Waals surface area contributed by atoms with Crippen LogP contribution < -0.4 is 10.0 Å². The predicted octanol–water partition coefficient (Wildman–Crippen LogP) is 1.18. The number of nitrogens with one attached hydrogen (secondary N) is 3. The lowest BCUT2D eigenvalue weighted by molar-refractivity contribution is -0.149. The van der Waals surface area contributed by atoms with Crippen LogP contribution in [0.2, 0.25) is 5.02 Å². The zero-order valence-electron chi connectivity index (χ0n) is 13.9. The summed E-state index contributed by atoms with van der Waals surface area (Å²) in [5.41, 5.74) is -0.0321. The van der Waals surface area contributed by atoms with E-state index in [-0.39, 0.29) is 17.4 Å². The molecule has 26 heavy (non-hydrogen) atoms. The second kappa shape index (κ2) is 6.49. The van der Waals surface area contributed by atoms with Gasteiger partial charge in [-0.3, -0.25) is 4.79 Å². The Morgan fingerprint density at radius 2 is 2.15 bits per heavy atom. The molecule has 4 rings (SSSR count). The fourth-order valence-corrected chi connectivity index (χ4v) is 5.10. The third-order valence-electron chi connectivity index (χ3n) is 5.14. The highest BCUT2D eigenvalue weighted by atomic mass is 35.5. The molecule has 0 bridgehead atoms. The van der Waals surface area contributed by atoms with Crippen molar-refractivity contribution in [2.24, 2.45) is 5.41 Å². The fourth-order valence-electron chi connectivity index (χ4n) is 3.72. The summed E-state index contributed by atoms with van der Waals surface area (Å²) in [4.78, 5) is 19.2. The molecule has 3 N–H and O–H groups in total. The van der Waals surface area contributed by atoms with E-state index in [4.69, 9.17) is 16.3 Å². The van der Waals surface area contributed by atoms with Crippen LogP contribution in [0.3, 0.4) is 0 Å². The van der Waals surface area contributed by atoms with Crippen molar-refractivity contribution >= 4 is 38.6 Å². The molecule has 0 amide bonds. The lowest BCUT2D eigenvalue weighted by Gasteiger charge is -2.29. The first-order chi connectivity index (χ1) is 12.4. The van der Waals surface area contributed by atoms with E-state index >= 15 is 0 Å². The highest BCUT2D eigenvalue weighted by Gasteiger charge is 2.49. The van der Waals surface area contributed by atoms with Crippen LogP contribution in [0.25, 0.3) is 11.0 Å². The Morgan fingerprint density at radius 1 is 1.38 bits per heavy atom. The molecule has 2 aromatic heterocycles. The van der Waals surface area contributed by atoms with E-state index in [2.05, 4.69) is 20.0 Å². The number of aromatic amines is 1. The molecule has 0 aromatic carbocycles. The van der Waals surface area contributed by atoms with Crippen molar-refractivity contribution in [2.75, 3.05) is 19.6 Å². The summed E-state index contributed by atoms with van der Waals surface area (Å²) in [6.07, 6.45) is 4.36. The molecule has 0 saturated carbocycles. The number of halogens is 1. The number of piperidine rings is 1. The van der Waals surface area contributed by atoms with Gasteiger partial charge in [0.15, 0.2) is 0 Å². The number of nitrogens with zero attached hydrogens (tertiary/aromatic N) is 1. The molecule has 2 fully saturated rings. The zero-order valence-corrected chi connectivity index (χ0v) is 15.5. The van der Waals surface area contributed by atoms with Crippen LogP contribution in [0.1, 0.15) is 19.3 Å². The van der Waals surface area contributed by atoms with Crippen molar-refractivity contribution in [1.82, 2.24) is 20.0 Å². The summed E-state index contributed by atoms with van der Waals surface area (Å²) in [5, 5.41) is 4.00. The third-order valence-corrected chi connectivity index (χ3v) is 6.81. The van der Waals surface area contributed by atoms with Gasteiger partial charge in [0.1, 0.15) is 16.6 Å². The Labute approximate surface area is 155 Å². The van der Waals surface area contributed by atoms with Gasteiger partial charge in [-0.15, -0.1) is 0 Å². The van der Waals surface area contributed by atoms with Gasteiger partial charge >= 0.3 is 5.97 Å². The van der Waals surface area contributed by atoms with E-state index in [0.717, 1.165) is 25.9 Å². The molecule has 1 atom stereocenters. The molecular weight excluding hydrogens is 380 g/mol. The van der Waals surface area contributed by atoms with Gasteiger partial charge < -0.3 is 15.0 Å². The number of hydrogen-bond acceptors (Lipinski definition) is 6. The van der Waals surface area contributed by atoms with E-state index < -0.39 is 21.5 Å². The number of rotatable bonds is 4. The molecule has 8 nitrogen and oxygen atoms in total. The quantitative estimate of drug-likeness (QED) is 0.666. The molecule has 4 heterocycles. The van der Waals surface area contributed by atoms with Crippen LogP contribution >= 0.6 is 11.6 Å². The fraction of sp³-hybridized carbons (Fsp3) is 0.500. The van der Waals surface area contributed by atoms with Crippen molar-refractivity contribution in [3.8, 4) is 0 Å². The minimum atomic E-state index is -3.79. The molecule has 140 valence electrons. The number of H-pyrrole nitrogens is 1. The number of fused-ring (bicyclic) bond motifs is 1. The van der Waals surface area contributed by atoms with Crippen molar-refractivity contribution < 1.29 is 17.9 Å². The van der Waals surface area contributed by atoms with Gasteiger partial charge in [0.05, 0.1) is 10.4 Å². The van der Waals surface area contributed by atoms with Gasteiger partial charge in [0, 0.05) is 30.7 Å². The average molecular weight is 399 g/mol. The number of esters is 1. The second-order valence-electron chi connectivity index (χ2n) is 6.82. The molecule has 1 spiro atoms. The molecule has 0 aliphatic carbocycles. The number of aromatic nitrogens is 2. The van der Waals surface area contributed by atoms with Gasteiger partial charge in [0.25, 0.3) is 0 Å². The highest BCUT2D eigenvalue weighted by Crippen LogP contribution is 2.41. The number of cyclic esters (lactones) is 1. The first-order valence-corrected chi connectivity index (χ1v) is 10.3. The van der Waals surface area contributed by atoms with Crippen molar-refractivity contribution in [3.05, 3.63) is 23.5 Å². The smallest absolute Gasteiger partial charge is 0.312 e. The minimum absolute atomic E-state index is 0.0456. The first kappa shape index (κ1) is 17.7. The monoisotopic (exact) mass is 398 g/mol. The molecule has 2 aromatic rings. The lowest BCUT2D eigenvalue weighted by atomic mass is 9.76. The van der Waals surface area contributed by atoms with E-state index in [0.29, 0.717) is 22.5 Å². The van der Waals surface area contributed by atoms with Gasteiger partial charge in [-0.1, -0.05) is 11.6 Å².